The number of hydrogen-bond donors (Lipinski definition) is 0. The largest absolute Gasteiger partial charge is 0.748 e. The van der Waals surface area contributed by atoms with E-state index in [0.29, 0.717) is 32.1 Å². The zero-order valence-corrected chi connectivity index (χ0v) is 18.6. The summed E-state index contributed by atoms with van der Waals surface area (Å²) in [6.45, 7) is 13.8. The number of halogens is 4. The number of unbranched alkanes of at least 4 members (excludes halogenated alkanes) is 4. The molecule has 9 heteroatoms. The zero-order valence-electron chi connectivity index (χ0n) is 17.8. The number of rotatable bonds is 15. The quantitative estimate of drug-likeness (QED) is 0.161. The predicted octanol–water partition coefficient (Wildman–Crippen LogP) is 4.74. The van der Waals surface area contributed by atoms with Gasteiger partial charge in [0.25, 0.3) is 0 Å². The van der Waals surface area contributed by atoms with Crippen LogP contribution in [-0.2, 0) is 10.1 Å². The summed E-state index contributed by atoms with van der Waals surface area (Å²) in [6.07, 6.45) is -4.95. The van der Waals surface area contributed by atoms with Crippen molar-refractivity contribution in [3.05, 3.63) is 0 Å². The van der Waals surface area contributed by atoms with Gasteiger partial charge in [0.1, 0.15) is 12.3 Å². The van der Waals surface area contributed by atoms with E-state index >= 15 is 0 Å². The highest BCUT2D eigenvalue weighted by molar-refractivity contribution is 7.85. The van der Waals surface area contributed by atoms with Crippen LogP contribution in [0.15, 0.2) is 0 Å². The zero-order chi connectivity index (χ0) is 22.2. The van der Waals surface area contributed by atoms with Crippen molar-refractivity contribution in [3.8, 4) is 0 Å². The van der Waals surface area contributed by atoms with E-state index < -0.39 is 41.1 Å². The fourth-order valence-electron chi connectivity index (χ4n) is 2.98. The van der Waals surface area contributed by atoms with Crippen LogP contribution in [0.2, 0.25) is 0 Å². The lowest BCUT2D eigenvalue weighted by Crippen LogP contribution is -2.47. The first-order valence-electron chi connectivity index (χ1n) is 10.3. The number of nitrogens with zero attached hydrogens (tertiary/aromatic N) is 1. The molecule has 0 N–H and O–H groups in total. The summed E-state index contributed by atoms with van der Waals surface area (Å²) in [7, 11) is -4.90. The van der Waals surface area contributed by atoms with Crippen molar-refractivity contribution in [2.75, 3.05) is 38.6 Å². The minimum absolute atomic E-state index is 0.240. The average molecular weight is 438 g/mol. The fourth-order valence-corrected chi connectivity index (χ4v) is 3.55. The van der Waals surface area contributed by atoms with Crippen molar-refractivity contribution < 1.29 is 35.0 Å². The van der Waals surface area contributed by atoms with Gasteiger partial charge in [-0.2, -0.15) is 0 Å². The van der Waals surface area contributed by atoms with Crippen molar-refractivity contribution in [3.63, 3.8) is 0 Å². The van der Waals surface area contributed by atoms with Crippen LogP contribution < -0.4 is 0 Å². The van der Waals surface area contributed by atoms with Gasteiger partial charge in [0.15, 0.2) is 6.17 Å². The van der Waals surface area contributed by atoms with Gasteiger partial charge in [-0.15, -0.1) is 0 Å². The van der Waals surface area contributed by atoms with Gasteiger partial charge in [-0.3, -0.25) is 4.39 Å². The molecule has 0 saturated carbocycles. The van der Waals surface area contributed by atoms with Crippen LogP contribution in [0.25, 0.3) is 0 Å². The summed E-state index contributed by atoms with van der Waals surface area (Å²) < 4.78 is 83.0. The van der Waals surface area contributed by atoms with E-state index in [1.165, 1.54) is 30.7 Å². The molecule has 28 heavy (non-hydrogen) atoms. The van der Waals surface area contributed by atoms with E-state index in [1.807, 2.05) is 0 Å². The van der Waals surface area contributed by atoms with Gasteiger partial charge in [-0.05, 0) is 40.5 Å². The molecule has 0 aromatic rings. The Bertz CT molecular complexity index is 445. The Kier molecular flexibility index (Phi) is 17.4. The lowest BCUT2D eigenvalue weighted by molar-refractivity contribution is -0.921. The molecule has 3 unspecified atom stereocenters. The van der Waals surface area contributed by atoms with Crippen molar-refractivity contribution in [2.45, 2.75) is 84.7 Å². The molecular formula is C19H39F4NO3S. The van der Waals surface area contributed by atoms with E-state index in [-0.39, 0.29) is 6.42 Å². The fraction of sp³-hybridized carbons (Fsp3) is 1.00. The molecule has 0 aliphatic carbocycles. The molecule has 172 valence electrons. The second-order valence-electron chi connectivity index (χ2n) is 7.05. The second-order valence-corrected chi connectivity index (χ2v) is 8.50. The predicted molar refractivity (Wildman–Crippen MR) is 105 cm³/mol. The molecule has 0 aromatic carbocycles. The molecule has 0 amide bonds. The first-order chi connectivity index (χ1) is 13.0. The highest BCUT2D eigenvalue weighted by Gasteiger charge is 2.30. The Morgan fingerprint density at radius 3 is 1.57 bits per heavy atom. The summed E-state index contributed by atoms with van der Waals surface area (Å²) in [5.74, 6) is -1.55. The highest BCUT2D eigenvalue weighted by atomic mass is 32.2. The summed E-state index contributed by atoms with van der Waals surface area (Å²) in [5, 5.41) is 0. The third-order valence-corrected chi connectivity index (χ3v) is 6.08. The molecule has 0 aliphatic heterocycles. The second kappa shape index (κ2) is 16.4. The van der Waals surface area contributed by atoms with Gasteiger partial charge >= 0.3 is 0 Å². The molecular weight excluding hydrogens is 398 g/mol. The van der Waals surface area contributed by atoms with Gasteiger partial charge in [-0.1, -0.05) is 25.7 Å². The van der Waals surface area contributed by atoms with Crippen molar-refractivity contribution in [2.24, 2.45) is 0 Å². The SMILES string of the molecule is CC[N+](CC)(CC)CC.O=S(=O)([O-])CC(F)C(F)C(F)CCCCCCCF. The van der Waals surface area contributed by atoms with Gasteiger partial charge in [0.05, 0.1) is 48.7 Å². The highest BCUT2D eigenvalue weighted by Crippen LogP contribution is 2.19. The first-order valence-corrected chi connectivity index (χ1v) is 11.9. The lowest BCUT2D eigenvalue weighted by atomic mass is 10.0. The third-order valence-electron chi connectivity index (χ3n) is 5.35. The molecule has 0 heterocycles. The molecule has 4 nitrogen and oxygen atoms in total. The summed E-state index contributed by atoms with van der Waals surface area (Å²) >= 11 is 0. The van der Waals surface area contributed by atoms with Crippen LogP contribution in [0.1, 0.15) is 66.2 Å². The van der Waals surface area contributed by atoms with Crippen LogP contribution in [0, 0.1) is 0 Å². The summed E-state index contributed by atoms with van der Waals surface area (Å²) in [5.41, 5.74) is 0. The lowest BCUT2D eigenvalue weighted by Gasteiger charge is -2.34. The Morgan fingerprint density at radius 1 is 0.786 bits per heavy atom. The van der Waals surface area contributed by atoms with Crippen molar-refractivity contribution in [1.82, 2.24) is 0 Å². The molecule has 0 bridgehead atoms. The third kappa shape index (κ3) is 14.6. The molecule has 3 atom stereocenters. The summed E-state index contributed by atoms with van der Waals surface area (Å²) in [4.78, 5) is 0. The van der Waals surface area contributed by atoms with Crippen molar-refractivity contribution in [1.29, 1.82) is 0 Å². The maximum Gasteiger partial charge on any atom is 0.163 e. The topological polar surface area (TPSA) is 57.2 Å². The molecule has 0 aliphatic rings. The smallest absolute Gasteiger partial charge is 0.163 e. The maximum atomic E-state index is 13.2. The molecule has 0 spiro atoms. The average Bonchev–Trinajstić information content (AvgIpc) is 2.65. The number of quaternary nitrogens is 1. The van der Waals surface area contributed by atoms with Gasteiger partial charge in [0.2, 0.25) is 0 Å². The number of alkyl halides is 4. The van der Waals surface area contributed by atoms with Gasteiger partial charge in [0, 0.05) is 0 Å². The minimum Gasteiger partial charge on any atom is -0.748 e. The Balaban J connectivity index is 0. The Hall–Kier alpha value is -0.410. The van der Waals surface area contributed by atoms with E-state index in [4.69, 9.17) is 0 Å². The molecule has 0 saturated heterocycles. The molecule has 0 rings (SSSR count). The van der Waals surface area contributed by atoms with Crippen LogP contribution in [-0.4, -0.2) is 74.6 Å². The van der Waals surface area contributed by atoms with E-state index in [2.05, 4.69) is 27.7 Å². The first kappa shape index (κ1) is 29.8. The van der Waals surface area contributed by atoms with E-state index in [0.717, 1.165) is 0 Å². The van der Waals surface area contributed by atoms with Gasteiger partial charge < -0.3 is 9.04 Å². The molecule has 0 radical (unpaired) electrons. The monoisotopic (exact) mass is 437 g/mol. The standard InChI is InChI=1S/C11H20F4O3S.C8H20N/c12-7-5-3-1-2-4-6-9(13)11(15)10(14)8-19(16,17)18;1-5-9(6-2,7-3)8-4/h9-11H,1-8H2,(H,16,17,18);5-8H2,1-4H3/q;+1/p-1. The van der Waals surface area contributed by atoms with Crippen LogP contribution in [0.3, 0.4) is 0 Å². The van der Waals surface area contributed by atoms with Crippen LogP contribution in [0.4, 0.5) is 17.6 Å². The minimum atomic E-state index is -4.90. The maximum absolute atomic E-state index is 13.2. The molecule has 0 fully saturated rings. The van der Waals surface area contributed by atoms with Gasteiger partial charge in [-0.25, -0.2) is 21.6 Å². The number of hydrogen-bond acceptors (Lipinski definition) is 3. The summed E-state index contributed by atoms with van der Waals surface area (Å²) in [6, 6.07) is 0. The molecule has 0 aromatic heterocycles. The van der Waals surface area contributed by atoms with Crippen molar-refractivity contribution >= 4 is 10.1 Å². The Labute approximate surface area is 169 Å². The van der Waals surface area contributed by atoms with Crippen LogP contribution >= 0.6 is 0 Å². The van der Waals surface area contributed by atoms with Crippen LogP contribution in [0.5, 0.6) is 0 Å². The van der Waals surface area contributed by atoms with E-state index in [1.54, 1.807) is 0 Å². The van der Waals surface area contributed by atoms with E-state index in [9.17, 15) is 30.5 Å². The normalized spacial score (nSPS) is 15.5. The Morgan fingerprint density at radius 2 is 1.21 bits per heavy atom.